The van der Waals surface area contributed by atoms with Gasteiger partial charge >= 0.3 is 6.03 Å². The largest absolute Gasteiger partial charge is 0.387 e. The summed E-state index contributed by atoms with van der Waals surface area (Å²) in [5.74, 6) is 0.0343. The maximum atomic E-state index is 11.8. The number of hydrogen-bond donors (Lipinski definition) is 3. The number of carbonyl (C=O) groups excluding carboxylic acids is 1. The van der Waals surface area contributed by atoms with Crippen molar-refractivity contribution in [3.05, 3.63) is 0 Å². The van der Waals surface area contributed by atoms with Crippen LogP contribution in [0.3, 0.4) is 0 Å². The lowest BCUT2D eigenvalue weighted by Gasteiger charge is -2.21. The van der Waals surface area contributed by atoms with Crippen molar-refractivity contribution < 1.29 is 4.79 Å². The zero-order chi connectivity index (χ0) is 12.0. The van der Waals surface area contributed by atoms with Crippen molar-refractivity contribution >= 4 is 11.9 Å². The molecule has 1 fully saturated rings. The van der Waals surface area contributed by atoms with Crippen molar-refractivity contribution in [1.29, 1.82) is 5.41 Å². The van der Waals surface area contributed by atoms with Crippen LogP contribution in [0.4, 0.5) is 4.79 Å². The number of rotatable bonds is 3. The highest BCUT2D eigenvalue weighted by Crippen LogP contribution is 2.09. The average molecular weight is 226 g/mol. The molecule has 92 valence electrons. The van der Waals surface area contributed by atoms with Gasteiger partial charge in [0.1, 0.15) is 0 Å². The van der Waals surface area contributed by atoms with E-state index in [4.69, 9.17) is 11.1 Å². The van der Waals surface area contributed by atoms with Crippen LogP contribution in [-0.2, 0) is 0 Å². The number of likely N-dealkylation sites (tertiary alicyclic amines) is 1. The van der Waals surface area contributed by atoms with Gasteiger partial charge in [-0.3, -0.25) is 5.41 Å². The van der Waals surface area contributed by atoms with Crippen LogP contribution in [0, 0.1) is 11.3 Å². The van der Waals surface area contributed by atoms with Gasteiger partial charge in [0.2, 0.25) is 0 Å². The monoisotopic (exact) mass is 226 g/mol. The Balaban J connectivity index is 2.30. The van der Waals surface area contributed by atoms with Gasteiger partial charge in [0.25, 0.3) is 0 Å². The van der Waals surface area contributed by atoms with Crippen molar-refractivity contribution in [2.24, 2.45) is 11.7 Å². The number of hydrogen-bond acceptors (Lipinski definition) is 2. The van der Waals surface area contributed by atoms with Crippen molar-refractivity contribution in [3.8, 4) is 0 Å². The molecule has 1 unspecified atom stereocenters. The third kappa shape index (κ3) is 4.08. The number of nitrogens with one attached hydrogen (secondary N) is 2. The smallest absolute Gasteiger partial charge is 0.317 e. The molecule has 1 heterocycles. The molecule has 0 spiro atoms. The van der Waals surface area contributed by atoms with Crippen molar-refractivity contribution in [1.82, 2.24) is 10.2 Å². The number of amidine groups is 1. The number of amides is 2. The molecule has 0 aromatic carbocycles. The second-order valence-electron chi connectivity index (χ2n) is 4.44. The van der Waals surface area contributed by atoms with Gasteiger partial charge in [-0.15, -0.1) is 0 Å². The van der Waals surface area contributed by atoms with Crippen LogP contribution in [0.5, 0.6) is 0 Å². The van der Waals surface area contributed by atoms with E-state index in [1.54, 1.807) is 0 Å². The molecular formula is C11H22N4O. The van der Waals surface area contributed by atoms with Crippen molar-refractivity contribution in [2.45, 2.75) is 32.6 Å². The van der Waals surface area contributed by atoms with Crippen LogP contribution in [0.25, 0.3) is 0 Å². The fraction of sp³-hybridized carbons (Fsp3) is 0.818. The van der Waals surface area contributed by atoms with E-state index in [2.05, 4.69) is 5.32 Å². The van der Waals surface area contributed by atoms with E-state index in [1.807, 2.05) is 11.8 Å². The molecule has 5 nitrogen and oxygen atoms in total. The van der Waals surface area contributed by atoms with Gasteiger partial charge < -0.3 is 16.0 Å². The van der Waals surface area contributed by atoms with Crippen LogP contribution in [-0.4, -0.2) is 36.4 Å². The second kappa shape index (κ2) is 6.35. The predicted octanol–water partition coefficient (Wildman–Crippen LogP) is 1.14. The van der Waals surface area contributed by atoms with E-state index < -0.39 is 0 Å². The molecule has 2 amide bonds. The summed E-state index contributed by atoms with van der Waals surface area (Å²) in [6, 6.07) is -0.0185. The molecule has 0 aromatic rings. The van der Waals surface area contributed by atoms with Crippen molar-refractivity contribution in [2.75, 3.05) is 19.6 Å². The van der Waals surface area contributed by atoms with Crippen LogP contribution >= 0.6 is 0 Å². The zero-order valence-electron chi connectivity index (χ0n) is 9.96. The predicted molar refractivity (Wildman–Crippen MR) is 64.5 cm³/mol. The molecule has 0 saturated carbocycles. The Morgan fingerprint density at radius 2 is 1.94 bits per heavy atom. The lowest BCUT2D eigenvalue weighted by molar-refractivity contribution is 0.199. The number of urea groups is 1. The van der Waals surface area contributed by atoms with E-state index in [1.165, 1.54) is 12.8 Å². The fourth-order valence-electron chi connectivity index (χ4n) is 1.74. The number of carbonyl (C=O) groups is 1. The van der Waals surface area contributed by atoms with Crippen LogP contribution in [0.1, 0.15) is 32.6 Å². The molecule has 1 saturated heterocycles. The molecule has 16 heavy (non-hydrogen) atoms. The Morgan fingerprint density at radius 3 is 2.44 bits per heavy atom. The molecule has 0 bridgehead atoms. The molecular weight excluding hydrogens is 204 g/mol. The van der Waals surface area contributed by atoms with E-state index in [-0.39, 0.29) is 17.8 Å². The second-order valence-corrected chi connectivity index (χ2v) is 4.44. The Kier molecular flexibility index (Phi) is 5.08. The third-order valence-corrected chi connectivity index (χ3v) is 2.98. The third-order valence-electron chi connectivity index (χ3n) is 2.98. The van der Waals surface area contributed by atoms with E-state index in [0.717, 1.165) is 25.9 Å². The Morgan fingerprint density at radius 1 is 1.38 bits per heavy atom. The number of nitrogens with two attached hydrogens (primary N) is 1. The summed E-state index contributed by atoms with van der Waals surface area (Å²) in [5.41, 5.74) is 5.34. The fourth-order valence-corrected chi connectivity index (χ4v) is 1.74. The lowest BCUT2D eigenvalue weighted by atomic mass is 10.1. The van der Waals surface area contributed by atoms with Crippen LogP contribution in [0.15, 0.2) is 0 Å². The van der Waals surface area contributed by atoms with E-state index in [9.17, 15) is 4.79 Å². The molecule has 4 N–H and O–H groups in total. The molecule has 1 rings (SSSR count). The zero-order valence-corrected chi connectivity index (χ0v) is 9.96. The summed E-state index contributed by atoms with van der Waals surface area (Å²) in [4.78, 5) is 13.6. The summed E-state index contributed by atoms with van der Waals surface area (Å²) in [6.45, 7) is 3.98. The first-order valence-electron chi connectivity index (χ1n) is 5.98. The van der Waals surface area contributed by atoms with E-state index in [0.29, 0.717) is 6.54 Å². The molecule has 0 radical (unpaired) electrons. The topological polar surface area (TPSA) is 82.2 Å². The maximum Gasteiger partial charge on any atom is 0.317 e. The highest BCUT2D eigenvalue weighted by atomic mass is 16.2. The minimum Gasteiger partial charge on any atom is -0.387 e. The summed E-state index contributed by atoms with van der Waals surface area (Å²) in [7, 11) is 0. The lowest BCUT2D eigenvalue weighted by Crippen LogP contribution is -2.43. The van der Waals surface area contributed by atoms with Crippen molar-refractivity contribution in [3.63, 3.8) is 0 Å². The minimum atomic E-state index is -0.0871. The highest BCUT2D eigenvalue weighted by Gasteiger charge is 2.16. The van der Waals surface area contributed by atoms with Crippen LogP contribution < -0.4 is 11.1 Å². The Hall–Kier alpha value is -1.26. The normalized spacial score (nSPS) is 18.7. The first-order valence-corrected chi connectivity index (χ1v) is 5.98. The first kappa shape index (κ1) is 12.8. The molecule has 5 heteroatoms. The van der Waals surface area contributed by atoms with Gasteiger partial charge in [-0.2, -0.15) is 0 Å². The quantitative estimate of drug-likeness (QED) is 0.498. The van der Waals surface area contributed by atoms with Gasteiger partial charge in [0, 0.05) is 25.6 Å². The standard InChI is InChI=1S/C11H22N4O/c1-9(10(12)13)8-14-11(16)15-6-4-2-3-5-7-15/h9H,2-8H2,1H3,(H3,12,13)(H,14,16). The van der Waals surface area contributed by atoms with Gasteiger partial charge in [-0.1, -0.05) is 19.8 Å². The molecule has 1 aliphatic rings. The van der Waals surface area contributed by atoms with Gasteiger partial charge in [0.15, 0.2) is 0 Å². The van der Waals surface area contributed by atoms with Gasteiger partial charge in [-0.05, 0) is 12.8 Å². The Labute approximate surface area is 96.9 Å². The number of nitrogens with zero attached hydrogens (tertiary/aromatic N) is 1. The minimum absolute atomic E-state index is 0.0185. The average Bonchev–Trinajstić information content (AvgIpc) is 2.53. The van der Waals surface area contributed by atoms with Crippen LogP contribution in [0.2, 0.25) is 0 Å². The van der Waals surface area contributed by atoms with E-state index >= 15 is 0 Å². The first-order chi connectivity index (χ1) is 7.61. The Bertz CT molecular complexity index is 246. The maximum absolute atomic E-state index is 11.8. The molecule has 0 aromatic heterocycles. The summed E-state index contributed by atoms with van der Waals surface area (Å²) in [6.07, 6.45) is 4.62. The molecule has 1 atom stereocenters. The summed E-state index contributed by atoms with van der Waals surface area (Å²) in [5, 5.41) is 10.1. The summed E-state index contributed by atoms with van der Waals surface area (Å²) >= 11 is 0. The highest BCUT2D eigenvalue weighted by molar-refractivity contribution is 5.80. The molecule has 0 aliphatic carbocycles. The molecule has 1 aliphatic heterocycles. The van der Waals surface area contributed by atoms with Gasteiger partial charge in [-0.25, -0.2) is 4.79 Å². The SMILES string of the molecule is CC(CNC(=O)N1CCCCCC1)C(=N)N. The summed E-state index contributed by atoms with van der Waals surface area (Å²) < 4.78 is 0. The van der Waals surface area contributed by atoms with Gasteiger partial charge in [0.05, 0.1) is 5.84 Å².